The fourth-order valence-corrected chi connectivity index (χ4v) is 2.69. The van der Waals surface area contributed by atoms with E-state index in [2.05, 4.69) is 10.3 Å². The number of carbonyl (C=O) groups is 2. The molecule has 2 aliphatic rings. The molecule has 1 N–H and O–H groups in total. The van der Waals surface area contributed by atoms with Crippen LogP contribution in [0.3, 0.4) is 0 Å². The topological polar surface area (TPSA) is 67.8 Å². The first-order valence-electron chi connectivity index (χ1n) is 7.81. The number of nitrogens with zero attached hydrogens (tertiary/aromatic N) is 1. The van der Waals surface area contributed by atoms with Gasteiger partial charge in [-0.3, -0.25) is 9.59 Å². The summed E-state index contributed by atoms with van der Waals surface area (Å²) in [5.74, 6) is 0.281. The molecule has 0 saturated heterocycles. The Kier molecular flexibility index (Phi) is 4.42. The number of aliphatic imine (C=N–C) groups is 1. The minimum atomic E-state index is -0.331. The summed E-state index contributed by atoms with van der Waals surface area (Å²) >= 11 is 0. The lowest BCUT2D eigenvalue weighted by Gasteiger charge is -2.25. The highest BCUT2D eigenvalue weighted by Gasteiger charge is 2.23. The Bertz CT molecular complexity index is 798. The number of nitrogens with one attached hydrogen (secondary N) is 1. The number of allylic oxidation sites excluding steroid dienone is 3. The van der Waals surface area contributed by atoms with Crippen LogP contribution in [-0.4, -0.2) is 24.1 Å². The lowest BCUT2D eigenvalue weighted by atomic mass is 9.89. The second-order valence-corrected chi connectivity index (χ2v) is 5.61. The Hall–Kier alpha value is -2.95. The van der Waals surface area contributed by atoms with E-state index in [4.69, 9.17) is 4.74 Å². The SMILES string of the molecule is CCOc1ccc(C(=O)N=C2C=CC3C(C)=CC(=O)NC3=C2)cc1. The number of hydrogen-bond acceptors (Lipinski definition) is 3. The number of benzene rings is 1. The van der Waals surface area contributed by atoms with Crippen molar-refractivity contribution in [1.82, 2.24) is 5.32 Å². The summed E-state index contributed by atoms with van der Waals surface area (Å²) in [4.78, 5) is 28.0. The molecule has 2 amide bonds. The van der Waals surface area contributed by atoms with Crippen molar-refractivity contribution in [3.63, 3.8) is 0 Å². The van der Waals surface area contributed by atoms with E-state index in [1.54, 1.807) is 42.5 Å². The highest BCUT2D eigenvalue weighted by atomic mass is 16.5. The number of amides is 2. The van der Waals surface area contributed by atoms with Gasteiger partial charge in [0.05, 0.1) is 12.3 Å². The molecule has 1 heterocycles. The highest BCUT2D eigenvalue weighted by Crippen LogP contribution is 2.26. The molecule has 0 bridgehead atoms. The fraction of sp³-hybridized carbons (Fsp3) is 0.211. The largest absolute Gasteiger partial charge is 0.494 e. The molecule has 1 aromatic carbocycles. The molecule has 1 aliphatic carbocycles. The predicted octanol–water partition coefficient (Wildman–Crippen LogP) is 2.81. The second-order valence-electron chi connectivity index (χ2n) is 5.61. The zero-order valence-corrected chi connectivity index (χ0v) is 13.6. The van der Waals surface area contributed by atoms with Crippen LogP contribution >= 0.6 is 0 Å². The first-order chi connectivity index (χ1) is 11.6. The van der Waals surface area contributed by atoms with Crippen molar-refractivity contribution in [3.8, 4) is 5.75 Å². The summed E-state index contributed by atoms with van der Waals surface area (Å²) in [6.07, 6.45) is 7.06. The minimum absolute atomic E-state index is 0.0437. The monoisotopic (exact) mass is 322 g/mol. The smallest absolute Gasteiger partial charge is 0.277 e. The van der Waals surface area contributed by atoms with Gasteiger partial charge in [-0.05, 0) is 50.3 Å². The van der Waals surface area contributed by atoms with E-state index in [-0.39, 0.29) is 17.7 Å². The van der Waals surface area contributed by atoms with Crippen LogP contribution in [0.1, 0.15) is 24.2 Å². The Morgan fingerprint density at radius 1 is 1.25 bits per heavy atom. The van der Waals surface area contributed by atoms with E-state index in [1.165, 1.54) is 0 Å². The average Bonchev–Trinajstić information content (AvgIpc) is 2.55. The zero-order chi connectivity index (χ0) is 17.1. The van der Waals surface area contributed by atoms with Crippen molar-refractivity contribution < 1.29 is 14.3 Å². The van der Waals surface area contributed by atoms with Crippen LogP contribution in [0.5, 0.6) is 5.75 Å². The van der Waals surface area contributed by atoms with Gasteiger partial charge in [0.15, 0.2) is 0 Å². The summed E-state index contributed by atoms with van der Waals surface area (Å²) in [5, 5.41) is 2.80. The molecule has 1 aliphatic heterocycles. The summed E-state index contributed by atoms with van der Waals surface area (Å²) in [7, 11) is 0. The maximum Gasteiger partial charge on any atom is 0.277 e. The van der Waals surface area contributed by atoms with Crippen molar-refractivity contribution in [1.29, 1.82) is 0 Å². The minimum Gasteiger partial charge on any atom is -0.494 e. The molecule has 0 radical (unpaired) electrons. The standard InChI is InChI=1S/C19H18N2O3/c1-3-24-15-7-4-13(5-8-15)19(23)20-14-6-9-16-12(2)10-18(22)21-17(16)11-14/h4-11,16H,3H2,1-2H3,(H,21,22). The molecule has 0 aromatic heterocycles. The van der Waals surface area contributed by atoms with Gasteiger partial charge in [-0.15, -0.1) is 0 Å². The number of fused-ring (bicyclic) bond motifs is 1. The molecule has 122 valence electrons. The maximum atomic E-state index is 12.3. The molecule has 1 atom stereocenters. The number of carbonyl (C=O) groups excluding carboxylic acids is 2. The summed E-state index contributed by atoms with van der Waals surface area (Å²) < 4.78 is 5.36. The van der Waals surface area contributed by atoms with Crippen molar-refractivity contribution >= 4 is 17.5 Å². The van der Waals surface area contributed by atoms with E-state index in [1.807, 2.05) is 19.9 Å². The van der Waals surface area contributed by atoms with Gasteiger partial charge in [0.25, 0.3) is 5.91 Å². The van der Waals surface area contributed by atoms with Crippen LogP contribution in [0.25, 0.3) is 0 Å². The van der Waals surface area contributed by atoms with Crippen LogP contribution in [0.2, 0.25) is 0 Å². The molecule has 3 rings (SSSR count). The molecule has 1 unspecified atom stereocenters. The van der Waals surface area contributed by atoms with Gasteiger partial charge in [-0.2, -0.15) is 0 Å². The van der Waals surface area contributed by atoms with E-state index < -0.39 is 0 Å². The molecular weight excluding hydrogens is 304 g/mol. The van der Waals surface area contributed by atoms with E-state index in [0.29, 0.717) is 17.9 Å². The normalized spacial score (nSPS) is 20.8. The molecule has 1 aromatic rings. The Balaban J connectivity index is 1.79. The van der Waals surface area contributed by atoms with Crippen molar-refractivity contribution in [2.75, 3.05) is 6.61 Å². The molecule has 0 spiro atoms. The number of rotatable bonds is 3. The molecular formula is C19H18N2O3. The third-order valence-corrected chi connectivity index (χ3v) is 3.86. The third kappa shape index (κ3) is 3.35. The first-order valence-corrected chi connectivity index (χ1v) is 7.81. The molecule has 24 heavy (non-hydrogen) atoms. The van der Waals surface area contributed by atoms with Crippen LogP contribution in [0.15, 0.2) is 64.8 Å². The third-order valence-electron chi connectivity index (χ3n) is 3.86. The Morgan fingerprint density at radius 2 is 2.00 bits per heavy atom. The van der Waals surface area contributed by atoms with E-state index >= 15 is 0 Å². The van der Waals surface area contributed by atoms with Crippen LogP contribution in [0.4, 0.5) is 0 Å². The van der Waals surface area contributed by atoms with Crippen molar-refractivity contribution in [3.05, 3.63) is 65.4 Å². The Morgan fingerprint density at radius 3 is 2.71 bits per heavy atom. The van der Waals surface area contributed by atoms with Gasteiger partial charge in [0.2, 0.25) is 5.91 Å². The van der Waals surface area contributed by atoms with E-state index in [0.717, 1.165) is 17.0 Å². The molecule has 5 nitrogen and oxygen atoms in total. The van der Waals surface area contributed by atoms with Gasteiger partial charge in [0, 0.05) is 23.3 Å². The number of hydrogen-bond donors (Lipinski definition) is 1. The molecule has 5 heteroatoms. The van der Waals surface area contributed by atoms with Crippen molar-refractivity contribution in [2.45, 2.75) is 13.8 Å². The van der Waals surface area contributed by atoms with Gasteiger partial charge >= 0.3 is 0 Å². The predicted molar refractivity (Wildman–Crippen MR) is 92.0 cm³/mol. The molecule has 0 saturated carbocycles. The summed E-state index contributed by atoms with van der Waals surface area (Å²) in [6, 6.07) is 6.87. The fourth-order valence-electron chi connectivity index (χ4n) is 2.69. The number of ether oxygens (including phenoxy) is 1. The average molecular weight is 322 g/mol. The van der Waals surface area contributed by atoms with Crippen LogP contribution in [0, 0.1) is 5.92 Å². The lowest BCUT2D eigenvalue weighted by Crippen LogP contribution is -2.32. The van der Waals surface area contributed by atoms with Gasteiger partial charge in [-0.25, -0.2) is 4.99 Å². The van der Waals surface area contributed by atoms with Crippen LogP contribution in [-0.2, 0) is 4.79 Å². The molecule has 0 fully saturated rings. The van der Waals surface area contributed by atoms with Crippen molar-refractivity contribution in [2.24, 2.45) is 10.9 Å². The zero-order valence-electron chi connectivity index (χ0n) is 13.6. The van der Waals surface area contributed by atoms with E-state index in [9.17, 15) is 9.59 Å². The summed E-state index contributed by atoms with van der Waals surface area (Å²) in [6.45, 7) is 4.39. The lowest BCUT2D eigenvalue weighted by molar-refractivity contribution is -0.116. The highest BCUT2D eigenvalue weighted by molar-refractivity contribution is 6.14. The Labute approximate surface area is 140 Å². The van der Waals surface area contributed by atoms with Crippen LogP contribution < -0.4 is 10.1 Å². The summed E-state index contributed by atoms with van der Waals surface area (Å²) in [5.41, 5.74) is 2.73. The van der Waals surface area contributed by atoms with Gasteiger partial charge in [-0.1, -0.05) is 11.6 Å². The second kappa shape index (κ2) is 6.66. The first kappa shape index (κ1) is 15.9. The maximum absolute atomic E-state index is 12.3. The van der Waals surface area contributed by atoms with Gasteiger partial charge in [0.1, 0.15) is 5.75 Å². The quantitative estimate of drug-likeness (QED) is 0.930. The van der Waals surface area contributed by atoms with Gasteiger partial charge < -0.3 is 10.1 Å².